The number of carbonyl (C=O) groups is 2. The Hall–Kier alpha value is -2.63. The van der Waals surface area contributed by atoms with E-state index in [1.807, 2.05) is 39.9 Å². The van der Waals surface area contributed by atoms with Crippen LogP contribution in [0.1, 0.15) is 30.6 Å². The normalized spacial score (nSPS) is 26.1. The molecule has 1 saturated carbocycles. The van der Waals surface area contributed by atoms with Crippen molar-refractivity contribution in [3.63, 3.8) is 0 Å². The van der Waals surface area contributed by atoms with Crippen LogP contribution in [0.25, 0.3) is 5.69 Å². The third-order valence-electron chi connectivity index (χ3n) is 6.05. The van der Waals surface area contributed by atoms with Gasteiger partial charge in [0.1, 0.15) is 0 Å². The molecule has 0 spiro atoms. The lowest BCUT2D eigenvalue weighted by Crippen LogP contribution is -2.57. The Kier molecular flexibility index (Phi) is 3.68. The quantitative estimate of drug-likeness (QED) is 0.796. The average Bonchev–Trinajstić information content (AvgIpc) is 3.27. The number of aromatic nitrogens is 2. The molecule has 136 valence electrons. The Morgan fingerprint density at radius 1 is 1.23 bits per heavy atom. The maximum absolute atomic E-state index is 13.0. The molecule has 1 amide bonds. The minimum atomic E-state index is -0.537. The molecule has 26 heavy (non-hydrogen) atoms. The molecule has 0 radical (unpaired) electrons. The zero-order chi connectivity index (χ0) is 18.5. The predicted octanol–water partition coefficient (Wildman–Crippen LogP) is 2.53. The molecule has 1 aromatic heterocycles. The third-order valence-corrected chi connectivity index (χ3v) is 6.05. The van der Waals surface area contributed by atoms with Gasteiger partial charge in [-0.15, -0.1) is 0 Å². The molecule has 2 aromatic rings. The van der Waals surface area contributed by atoms with Crippen molar-refractivity contribution >= 4 is 11.9 Å². The molecule has 0 unspecified atom stereocenters. The van der Waals surface area contributed by atoms with Crippen molar-refractivity contribution in [3.8, 4) is 5.69 Å². The Balaban J connectivity index is 1.55. The van der Waals surface area contributed by atoms with E-state index >= 15 is 0 Å². The van der Waals surface area contributed by atoms with Crippen molar-refractivity contribution < 1.29 is 14.3 Å². The smallest absolute Gasteiger partial charge is 0.314 e. The van der Waals surface area contributed by atoms with E-state index in [1.165, 1.54) is 7.11 Å². The Bertz CT molecular complexity index is 842. The molecule has 0 bridgehead atoms. The standard InChI is InChI=1S/C20H23N3O3/c1-19(2)11-20(18(25)26-3)12-23(10-16(19)20)17(24)14-4-6-15(7-5-14)22-9-8-21-13-22/h4-9,13,16H,10-12H2,1-3H3/t16-,20+/m1/s1. The number of amides is 1. The molecule has 6 heteroatoms. The van der Waals surface area contributed by atoms with Crippen LogP contribution in [0.15, 0.2) is 43.0 Å². The molecule has 2 aliphatic rings. The number of methoxy groups -OCH3 is 1. The summed E-state index contributed by atoms with van der Waals surface area (Å²) in [6, 6.07) is 7.46. The van der Waals surface area contributed by atoms with E-state index in [2.05, 4.69) is 18.8 Å². The molecule has 1 saturated heterocycles. The average molecular weight is 353 g/mol. The molecule has 1 aliphatic heterocycles. The highest BCUT2D eigenvalue weighted by Crippen LogP contribution is 2.63. The van der Waals surface area contributed by atoms with Crippen molar-refractivity contribution in [2.75, 3.05) is 20.2 Å². The van der Waals surface area contributed by atoms with Crippen LogP contribution >= 0.6 is 0 Å². The fourth-order valence-corrected chi connectivity index (χ4v) is 4.90. The zero-order valence-electron chi connectivity index (χ0n) is 15.3. The van der Waals surface area contributed by atoms with Gasteiger partial charge >= 0.3 is 5.97 Å². The fourth-order valence-electron chi connectivity index (χ4n) is 4.90. The summed E-state index contributed by atoms with van der Waals surface area (Å²) in [5, 5.41) is 0. The molecule has 2 heterocycles. The molecular weight excluding hydrogens is 330 g/mol. The van der Waals surface area contributed by atoms with Gasteiger partial charge in [0, 0.05) is 36.7 Å². The highest BCUT2D eigenvalue weighted by atomic mass is 16.5. The van der Waals surface area contributed by atoms with Crippen LogP contribution in [0.5, 0.6) is 0 Å². The van der Waals surface area contributed by atoms with Crippen molar-refractivity contribution in [1.82, 2.24) is 14.5 Å². The van der Waals surface area contributed by atoms with E-state index in [0.717, 1.165) is 12.1 Å². The first-order chi connectivity index (χ1) is 12.4. The van der Waals surface area contributed by atoms with Gasteiger partial charge in [0.25, 0.3) is 5.91 Å². The first-order valence-electron chi connectivity index (χ1n) is 8.83. The van der Waals surface area contributed by atoms with Crippen LogP contribution in [0.2, 0.25) is 0 Å². The lowest BCUT2D eigenvalue weighted by atomic mass is 9.48. The van der Waals surface area contributed by atoms with E-state index in [1.54, 1.807) is 12.5 Å². The fraction of sp³-hybridized carbons (Fsp3) is 0.450. The maximum Gasteiger partial charge on any atom is 0.314 e. The molecular formula is C20H23N3O3. The summed E-state index contributed by atoms with van der Waals surface area (Å²) >= 11 is 0. The predicted molar refractivity (Wildman–Crippen MR) is 95.8 cm³/mol. The van der Waals surface area contributed by atoms with Gasteiger partial charge in [0.2, 0.25) is 0 Å². The van der Waals surface area contributed by atoms with Gasteiger partial charge in [-0.1, -0.05) is 13.8 Å². The van der Waals surface area contributed by atoms with Crippen molar-refractivity contribution in [1.29, 1.82) is 0 Å². The van der Waals surface area contributed by atoms with Crippen molar-refractivity contribution in [2.24, 2.45) is 16.7 Å². The third kappa shape index (κ3) is 2.35. The van der Waals surface area contributed by atoms with E-state index in [-0.39, 0.29) is 23.2 Å². The van der Waals surface area contributed by atoms with Crippen LogP contribution in [-0.4, -0.2) is 46.5 Å². The first kappa shape index (κ1) is 16.8. The Morgan fingerprint density at radius 2 is 1.96 bits per heavy atom. The number of ether oxygens (including phenoxy) is 1. The van der Waals surface area contributed by atoms with Gasteiger partial charge in [-0.25, -0.2) is 4.98 Å². The largest absolute Gasteiger partial charge is 0.469 e. The van der Waals surface area contributed by atoms with Gasteiger partial charge in [-0.05, 0) is 42.0 Å². The number of carbonyl (C=O) groups excluding carboxylic acids is 2. The van der Waals surface area contributed by atoms with E-state index < -0.39 is 5.41 Å². The summed E-state index contributed by atoms with van der Waals surface area (Å²) < 4.78 is 6.95. The number of hydrogen-bond acceptors (Lipinski definition) is 4. The second-order valence-electron chi connectivity index (χ2n) is 8.07. The first-order valence-corrected chi connectivity index (χ1v) is 8.83. The molecule has 4 rings (SSSR count). The number of likely N-dealkylation sites (tertiary alicyclic amines) is 1. The molecule has 6 nitrogen and oxygen atoms in total. The van der Waals surface area contributed by atoms with Gasteiger partial charge in [-0.2, -0.15) is 0 Å². The number of rotatable bonds is 3. The number of benzene rings is 1. The van der Waals surface area contributed by atoms with Crippen LogP contribution in [0.3, 0.4) is 0 Å². The number of nitrogens with zero attached hydrogens (tertiary/aromatic N) is 3. The lowest BCUT2D eigenvalue weighted by Gasteiger charge is -2.54. The van der Waals surface area contributed by atoms with Crippen LogP contribution in [-0.2, 0) is 9.53 Å². The zero-order valence-corrected chi connectivity index (χ0v) is 15.3. The van der Waals surface area contributed by atoms with Gasteiger partial charge < -0.3 is 14.2 Å². The SMILES string of the molecule is COC(=O)[C@@]12CN(C(=O)c3ccc(-n4ccnc4)cc3)C[C@@H]1C(C)(C)C2. The van der Waals surface area contributed by atoms with Gasteiger partial charge in [0.15, 0.2) is 0 Å². The van der Waals surface area contributed by atoms with Crippen LogP contribution in [0, 0.1) is 16.7 Å². The second kappa shape index (κ2) is 5.69. The summed E-state index contributed by atoms with van der Waals surface area (Å²) in [5.41, 5.74) is 1.10. The highest BCUT2D eigenvalue weighted by molar-refractivity contribution is 5.95. The maximum atomic E-state index is 13.0. The van der Waals surface area contributed by atoms with Gasteiger partial charge in [0.05, 0.1) is 18.9 Å². The molecule has 1 aliphatic carbocycles. The Morgan fingerprint density at radius 3 is 2.54 bits per heavy atom. The number of hydrogen-bond donors (Lipinski definition) is 0. The van der Waals surface area contributed by atoms with Crippen molar-refractivity contribution in [2.45, 2.75) is 20.3 Å². The molecule has 2 atom stereocenters. The van der Waals surface area contributed by atoms with E-state index in [4.69, 9.17) is 4.74 Å². The van der Waals surface area contributed by atoms with E-state index in [9.17, 15) is 9.59 Å². The van der Waals surface area contributed by atoms with Crippen molar-refractivity contribution in [3.05, 3.63) is 48.5 Å². The minimum Gasteiger partial charge on any atom is -0.469 e. The van der Waals surface area contributed by atoms with E-state index in [0.29, 0.717) is 18.7 Å². The summed E-state index contributed by atoms with van der Waals surface area (Å²) in [6.45, 7) is 5.36. The minimum absolute atomic E-state index is 0.0318. The monoisotopic (exact) mass is 353 g/mol. The molecule has 0 N–H and O–H groups in total. The summed E-state index contributed by atoms with van der Waals surface area (Å²) in [5.74, 6) is -0.0696. The summed E-state index contributed by atoms with van der Waals surface area (Å²) in [4.78, 5) is 31.2. The Labute approximate surface area is 152 Å². The molecule has 1 aromatic carbocycles. The summed E-state index contributed by atoms with van der Waals surface area (Å²) in [7, 11) is 1.43. The van der Waals surface area contributed by atoms with Crippen LogP contribution < -0.4 is 0 Å². The van der Waals surface area contributed by atoms with Crippen LogP contribution in [0.4, 0.5) is 0 Å². The lowest BCUT2D eigenvalue weighted by molar-refractivity contribution is -0.174. The molecule has 2 fully saturated rings. The second-order valence-corrected chi connectivity index (χ2v) is 8.07. The highest BCUT2D eigenvalue weighted by Gasteiger charge is 2.68. The number of fused-ring (bicyclic) bond motifs is 1. The number of esters is 1. The van der Waals surface area contributed by atoms with Gasteiger partial charge in [-0.3, -0.25) is 9.59 Å². The summed E-state index contributed by atoms with van der Waals surface area (Å²) in [6.07, 6.45) is 6.06. The topological polar surface area (TPSA) is 64.4 Å². The number of imidazole rings is 1.